The quantitative estimate of drug-likeness (QED) is 0.655. The van der Waals surface area contributed by atoms with Crippen LogP contribution in [0.1, 0.15) is 6.92 Å². The van der Waals surface area contributed by atoms with Gasteiger partial charge < -0.3 is 20.6 Å². The number of carboxylic acid groups (broad SMARTS) is 1. The Kier molecular flexibility index (Phi) is 5.11. The second kappa shape index (κ2) is 6.37. The maximum absolute atomic E-state index is 12.0. The molecular weight excluding hydrogens is 252 g/mol. The number of carboxylic acids is 1. The van der Waals surface area contributed by atoms with Gasteiger partial charge in [-0.1, -0.05) is 0 Å². The second-order valence-corrected chi connectivity index (χ2v) is 4.64. The van der Waals surface area contributed by atoms with Crippen LogP contribution in [-0.2, 0) is 9.59 Å². The van der Waals surface area contributed by atoms with Crippen LogP contribution in [0.15, 0.2) is 0 Å². The second-order valence-electron chi connectivity index (χ2n) is 4.64. The van der Waals surface area contributed by atoms with Crippen LogP contribution in [0.5, 0.6) is 0 Å². The highest BCUT2D eigenvalue weighted by Crippen LogP contribution is 2.08. The van der Waals surface area contributed by atoms with E-state index in [1.165, 1.54) is 11.9 Å². The summed E-state index contributed by atoms with van der Waals surface area (Å²) < 4.78 is 0. The van der Waals surface area contributed by atoms with Gasteiger partial charge in [0.05, 0.1) is 0 Å². The van der Waals surface area contributed by atoms with Crippen molar-refractivity contribution in [3.63, 3.8) is 0 Å². The molecule has 1 atom stereocenters. The molecule has 8 nitrogen and oxygen atoms in total. The Balaban J connectivity index is 2.47. The summed E-state index contributed by atoms with van der Waals surface area (Å²) in [4.78, 5) is 38.2. The molecule has 1 aliphatic heterocycles. The Morgan fingerprint density at radius 1 is 1.26 bits per heavy atom. The maximum atomic E-state index is 12.0. The number of rotatable bonds is 4. The minimum atomic E-state index is -0.870. The van der Waals surface area contributed by atoms with Crippen LogP contribution < -0.4 is 5.73 Å². The molecule has 0 radical (unpaired) electrons. The molecule has 1 aliphatic rings. The van der Waals surface area contributed by atoms with Crippen LogP contribution in [0, 0.1) is 0 Å². The van der Waals surface area contributed by atoms with Crippen molar-refractivity contribution in [2.75, 3.05) is 39.8 Å². The first-order valence-corrected chi connectivity index (χ1v) is 6.08. The van der Waals surface area contributed by atoms with Crippen LogP contribution in [0.25, 0.3) is 0 Å². The lowest BCUT2D eigenvalue weighted by Crippen LogP contribution is -2.55. The molecule has 0 aromatic heterocycles. The van der Waals surface area contributed by atoms with Crippen molar-refractivity contribution < 1.29 is 19.5 Å². The third-order valence-electron chi connectivity index (χ3n) is 3.21. The van der Waals surface area contributed by atoms with Gasteiger partial charge in [0.1, 0.15) is 12.6 Å². The fourth-order valence-electron chi connectivity index (χ4n) is 2.00. The lowest BCUT2D eigenvalue weighted by Gasteiger charge is -2.37. The van der Waals surface area contributed by atoms with E-state index in [4.69, 9.17) is 10.8 Å². The first-order valence-electron chi connectivity index (χ1n) is 6.08. The topological polar surface area (TPSA) is 107 Å². The fraction of sp³-hybridized carbons (Fsp3) is 0.727. The minimum Gasteiger partial charge on any atom is -0.480 e. The minimum absolute atomic E-state index is 0.120. The number of nitrogens with zero attached hydrogens (tertiary/aromatic N) is 3. The number of urea groups is 1. The molecule has 1 rings (SSSR count). The summed E-state index contributed by atoms with van der Waals surface area (Å²) in [6.45, 7) is 3.40. The van der Waals surface area contributed by atoms with E-state index in [0.29, 0.717) is 26.2 Å². The van der Waals surface area contributed by atoms with E-state index in [0.717, 1.165) is 0 Å². The Morgan fingerprint density at radius 2 is 1.79 bits per heavy atom. The molecule has 0 aromatic carbocycles. The number of hydrogen-bond acceptors (Lipinski definition) is 4. The Labute approximate surface area is 111 Å². The SMILES string of the molecule is CC(C(=O)O)N1CCN(C(=O)N(C)CC(N)=O)CC1. The molecular formula is C11H20N4O4. The van der Waals surface area contributed by atoms with Crippen molar-refractivity contribution in [2.24, 2.45) is 5.73 Å². The van der Waals surface area contributed by atoms with E-state index in [2.05, 4.69) is 0 Å². The van der Waals surface area contributed by atoms with E-state index in [9.17, 15) is 14.4 Å². The van der Waals surface area contributed by atoms with Gasteiger partial charge in [-0.3, -0.25) is 14.5 Å². The maximum Gasteiger partial charge on any atom is 0.320 e. The number of hydrogen-bond donors (Lipinski definition) is 2. The number of aliphatic carboxylic acids is 1. The summed E-state index contributed by atoms with van der Waals surface area (Å²) in [5.41, 5.74) is 5.03. The largest absolute Gasteiger partial charge is 0.480 e. The van der Waals surface area contributed by atoms with Crippen LogP contribution in [0.4, 0.5) is 4.79 Å². The van der Waals surface area contributed by atoms with Crippen LogP contribution in [0.3, 0.4) is 0 Å². The molecule has 1 heterocycles. The number of carbonyl (C=O) groups excluding carboxylic acids is 2. The lowest BCUT2D eigenvalue weighted by molar-refractivity contribution is -0.143. The number of piperazine rings is 1. The molecule has 1 unspecified atom stereocenters. The fourth-order valence-corrected chi connectivity index (χ4v) is 2.00. The van der Waals surface area contributed by atoms with Crippen molar-refractivity contribution in [1.82, 2.24) is 14.7 Å². The first-order chi connectivity index (χ1) is 8.82. The Bertz CT molecular complexity index is 366. The average molecular weight is 272 g/mol. The molecule has 3 N–H and O–H groups in total. The zero-order valence-corrected chi connectivity index (χ0v) is 11.2. The highest BCUT2D eigenvalue weighted by atomic mass is 16.4. The number of likely N-dealkylation sites (N-methyl/N-ethyl adjacent to an activating group) is 1. The third kappa shape index (κ3) is 4.09. The molecule has 1 fully saturated rings. The van der Waals surface area contributed by atoms with E-state index in [1.54, 1.807) is 16.7 Å². The van der Waals surface area contributed by atoms with E-state index in [1.807, 2.05) is 0 Å². The van der Waals surface area contributed by atoms with Gasteiger partial charge in [0.2, 0.25) is 5.91 Å². The van der Waals surface area contributed by atoms with Gasteiger partial charge in [-0.05, 0) is 6.92 Å². The van der Waals surface area contributed by atoms with Gasteiger partial charge in [-0.25, -0.2) is 4.79 Å². The van der Waals surface area contributed by atoms with Crippen molar-refractivity contribution in [2.45, 2.75) is 13.0 Å². The van der Waals surface area contributed by atoms with Crippen molar-refractivity contribution in [3.05, 3.63) is 0 Å². The monoisotopic (exact) mass is 272 g/mol. The highest BCUT2D eigenvalue weighted by molar-refractivity contribution is 5.82. The number of primary amides is 1. The predicted molar refractivity (Wildman–Crippen MR) is 67.5 cm³/mol. The predicted octanol–water partition coefficient (Wildman–Crippen LogP) is -1.39. The lowest BCUT2D eigenvalue weighted by atomic mass is 10.2. The van der Waals surface area contributed by atoms with Crippen molar-refractivity contribution >= 4 is 17.9 Å². The zero-order chi connectivity index (χ0) is 14.6. The van der Waals surface area contributed by atoms with Gasteiger partial charge in [-0.2, -0.15) is 0 Å². The number of nitrogens with two attached hydrogens (primary N) is 1. The highest BCUT2D eigenvalue weighted by Gasteiger charge is 2.28. The summed E-state index contributed by atoms with van der Waals surface area (Å²) >= 11 is 0. The summed E-state index contributed by atoms with van der Waals surface area (Å²) in [6.07, 6.45) is 0. The van der Waals surface area contributed by atoms with Gasteiger partial charge >= 0.3 is 12.0 Å². The average Bonchev–Trinajstić information content (AvgIpc) is 2.36. The molecule has 0 spiro atoms. The molecule has 0 saturated carbocycles. The normalized spacial score (nSPS) is 17.9. The number of carbonyl (C=O) groups is 3. The van der Waals surface area contributed by atoms with Crippen LogP contribution in [-0.4, -0.2) is 83.5 Å². The molecule has 108 valence electrons. The van der Waals surface area contributed by atoms with Crippen LogP contribution in [0.2, 0.25) is 0 Å². The summed E-state index contributed by atoms with van der Waals surface area (Å²) in [7, 11) is 1.51. The smallest absolute Gasteiger partial charge is 0.320 e. The molecule has 8 heteroatoms. The van der Waals surface area contributed by atoms with Gasteiger partial charge in [0.25, 0.3) is 0 Å². The van der Waals surface area contributed by atoms with E-state index < -0.39 is 17.9 Å². The van der Waals surface area contributed by atoms with Gasteiger partial charge in [0, 0.05) is 33.2 Å². The molecule has 0 aromatic rings. The zero-order valence-electron chi connectivity index (χ0n) is 11.2. The summed E-state index contributed by atoms with van der Waals surface area (Å²) in [6, 6.07) is -0.818. The first kappa shape index (κ1) is 15.2. The van der Waals surface area contributed by atoms with Gasteiger partial charge in [-0.15, -0.1) is 0 Å². The molecule has 0 aliphatic carbocycles. The van der Waals surface area contributed by atoms with Gasteiger partial charge in [0.15, 0.2) is 0 Å². The van der Waals surface area contributed by atoms with Crippen molar-refractivity contribution in [3.8, 4) is 0 Å². The molecule has 3 amide bonds. The Hall–Kier alpha value is -1.83. The Morgan fingerprint density at radius 3 is 2.21 bits per heavy atom. The molecule has 1 saturated heterocycles. The molecule has 19 heavy (non-hydrogen) atoms. The van der Waals surface area contributed by atoms with Crippen molar-refractivity contribution in [1.29, 1.82) is 0 Å². The van der Waals surface area contributed by atoms with Crippen LogP contribution >= 0.6 is 0 Å². The standard InChI is InChI=1S/C11H20N4O4/c1-8(10(17)18)14-3-5-15(6-4-14)11(19)13(2)7-9(12)16/h8H,3-7H2,1-2H3,(H2,12,16)(H,17,18). The number of amides is 3. The molecule has 0 bridgehead atoms. The van der Waals surface area contributed by atoms with E-state index >= 15 is 0 Å². The van der Waals surface area contributed by atoms with E-state index in [-0.39, 0.29) is 12.6 Å². The third-order valence-corrected chi connectivity index (χ3v) is 3.21. The summed E-state index contributed by atoms with van der Waals surface area (Å²) in [5, 5.41) is 8.91. The summed E-state index contributed by atoms with van der Waals surface area (Å²) in [5.74, 6) is -1.43.